The summed E-state index contributed by atoms with van der Waals surface area (Å²) in [4.78, 5) is 0. The Morgan fingerprint density at radius 1 is 0.833 bits per heavy atom. The molecule has 0 aliphatic carbocycles. The van der Waals surface area contributed by atoms with Crippen molar-refractivity contribution in [1.29, 1.82) is 0 Å². The molecule has 0 heterocycles. The van der Waals surface area contributed by atoms with Crippen LogP contribution in [0, 0.1) is 0 Å². The zero-order chi connectivity index (χ0) is 9.99. The minimum absolute atomic E-state index is 0.213. The minimum Gasteiger partial charge on any atom is -0.301 e. The van der Waals surface area contributed by atoms with Crippen LogP contribution >= 0.6 is 0 Å². The van der Waals surface area contributed by atoms with Crippen LogP contribution in [0.2, 0.25) is 0 Å². The predicted molar refractivity (Wildman–Crippen MR) is 59.5 cm³/mol. The van der Waals surface area contributed by atoms with Gasteiger partial charge in [0, 0.05) is 27.1 Å². The molecule has 12 heavy (non-hydrogen) atoms. The second-order valence-corrected chi connectivity index (χ2v) is 6.67. The Morgan fingerprint density at radius 2 is 1.08 bits per heavy atom. The second-order valence-electron chi connectivity index (χ2n) is 5.51. The maximum Gasteiger partial charge on any atom is 0.0423 e. The van der Waals surface area contributed by atoms with Gasteiger partial charge in [-0.3, -0.25) is 0 Å². The highest BCUT2D eigenvalue weighted by atomic mass is 28.1. The Kier molecular flexibility index (Phi) is 3.94. The molecule has 0 atom stereocenters. The van der Waals surface area contributed by atoms with Crippen LogP contribution in [-0.4, -0.2) is 27.1 Å². The van der Waals surface area contributed by atoms with Crippen LogP contribution in [0.5, 0.6) is 0 Å². The summed E-state index contributed by atoms with van der Waals surface area (Å²) in [6, 6.07) is 0. The average Bonchev–Trinajstić information content (AvgIpc) is 1.49. The molecule has 0 aliphatic rings. The van der Waals surface area contributed by atoms with Crippen molar-refractivity contribution in [3.05, 3.63) is 0 Å². The molecule has 0 aliphatic heterocycles. The second kappa shape index (κ2) is 3.90. The van der Waals surface area contributed by atoms with Crippen molar-refractivity contribution >= 4 is 10.2 Å². The van der Waals surface area contributed by atoms with E-state index >= 15 is 0 Å². The van der Waals surface area contributed by atoms with Crippen molar-refractivity contribution < 1.29 is 0 Å². The lowest BCUT2D eigenvalue weighted by atomic mass is 10.1. The van der Waals surface area contributed by atoms with Gasteiger partial charge >= 0.3 is 0 Å². The van der Waals surface area contributed by atoms with Gasteiger partial charge in [-0.1, -0.05) is 0 Å². The zero-order valence-electron chi connectivity index (χ0n) is 9.58. The highest BCUT2D eigenvalue weighted by Gasteiger charge is 2.17. The third-order valence-corrected chi connectivity index (χ3v) is 1.88. The monoisotopic (exact) mass is 188 g/mol. The van der Waals surface area contributed by atoms with E-state index in [9.17, 15) is 0 Å². The summed E-state index contributed by atoms with van der Waals surface area (Å²) in [5.74, 6) is 0.491. The standard InChI is InChI=1S/C9H24N2Si/c1-8(2,3)10-7(12)11-9(4,5)6/h7,10-11H,1-6,12H3. The van der Waals surface area contributed by atoms with E-state index in [1.807, 2.05) is 0 Å². The normalized spacial score (nSPS) is 14.2. The molecule has 0 fully saturated rings. The summed E-state index contributed by atoms with van der Waals surface area (Å²) in [6.07, 6.45) is 0. The Bertz CT molecular complexity index is 116. The molecule has 0 rings (SSSR count). The number of hydrogen-bond donors (Lipinski definition) is 2. The van der Waals surface area contributed by atoms with Gasteiger partial charge in [0.25, 0.3) is 0 Å². The van der Waals surface area contributed by atoms with Crippen molar-refractivity contribution in [2.45, 2.75) is 58.4 Å². The average molecular weight is 188 g/mol. The fourth-order valence-corrected chi connectivity index (χ4v) is 3.07. The van der Waals surface area contributed by atoms with Gasteiger partial charge in [-0.25, -0.2) is 0 Å². The van der Waals surface area contributed by atoms with Gasteiger partial charge in [-0.15, -0.1) is 0 Å². The van der Waals surface area contributed by atoms with Gasteiger partial charge in [0.15, 0.2) is 0 Å². The highest BCUT2D eigenvalue weighted by Crippen LogP contribution is 2.02. The van der Waals surface area contributed by atoms with E-state index in [2.05, 4.69) is 52.2 Å². The molecule has 74 valence electrons. The smallest absolute Gasteiger partial charge is 0.0423 e. The van der Waals surface area contributed by atoms with Crippen molar-refractivity contribution in [3.63, 3.8) is 0 Å². The molecule has 2 nitrogen and oxygen atoms in total. The van der Waals surface area contributed by atoms with Gasteiger partial charge in [-0.05, 0) is 41.5 Å². The van der Waals surface area contributed by atoms with Crippen molar-refractivity contribution in [2.75, 3.05) is 0 Å². The molecular formula is C9H24N2Si. The molecule has 0 spiro atoms. The summed E-state index contributed by atoms with van der Waals surface area (Å²) in [5.41, 5.74) is 0.426. The van der Waals surface area contributed by atoms with Gasteiger partial charge in [0.1, 0.15) is 0 Å². The van der Waals surface area contributed by atoms with E-state index in [1.54, 1.807) is 0 Å². The third-order valence-electron chi connectivity index (χ3n) is 1.30. The van der Waals surface area contributed by atoms with E-state index in [0.29, 0.717) is 5.79 Å². The molecule has 3 heteroatoms. The largest absolute Gasteiger partial charge is 0.301 e. The first-order valence-electron chi connectivity index (χ1n) is 4.65. The molecule has 0 unspecified atom stereocenters. The van der Waals surface area contributed by atoms with Crippen molar-refractivity contribution in [2.24, 2.45) is 0 Å². The zero-order valence-corrected chi connectivity index (χ0v) is 11.6. The number of rotatable bonds is 2. The summed E-state index contributed by atoms with van der Waals surface area (Å²) < 4.78 is 0. The lowest BCUT2D eigenvalue weighted by Crippen LogP contribution is -2.56. The molecule has 0 saturated carbocycles. The van der Waals surface area contributed by atoms with Crippen LogP contribution in [0.3, 0.4) is 0 Å². The Labute approximate surface area is 79.9 Å². The molecule has 0 saturated heterocycles. The minimum atomic E-state index is 0.213. The number of hydrogen-bond acceptors (Lipinski definition) is 2. The molecular weight excluding hydrogens is 164 g/mol. The molecule has 2 N–H and O–H groups in total. The topological polar surface area (TPSA) is 24.1 Å². The molecule has 0 amide bonds. The molecule has 0 bridgehead atoms. The van der Waals surface area contributed by atoms with E-state index in [-0.39, 0.29) is 11.1 Å². The fourth-order valence-electron chi connectivity index (χ4n) is 1.34. The van der Waals surface area contributed by atoms with Gasteiger partial charge in [-0.2, -0.15) is 0 Å². The highest BCUT2D eigenvalue weighted by molar-refractivity contribution is 6.11. The molecule has 0 aromatic heterocycles. The summed E-state index contributed by atoms with van der Waals surface area (Å²) in [6.45, 7) is 13.2. The van der Waals surface area contributed by atoms with Gasteiger partial charge in [0.05, 0.1) is 0 Å². The van der Waals surface area contributed by atoms with E-state index in [0.717, 1.165) is 10.2 Å². The van der Waals surface area contributed by atoms with E-state index in [1.165, 1.54) is 0 Å². The summed E-state index contributed by atoms with van der Waals surface area (Å²) in [7, 11) is 1.13. The van der Waals surface area contributed by atoms with E-state index in [4.69, 9.17) is 0 Å². The van der Waals surface area contributed by atoms with Crippen LogP contribution in [0.25, 0.3) is 0 Å². The molecule has 0 radical (unpaired) electrons. The van der Waals surface area contributed by atoms with Crippen molar-refractivity contribution in [3.8, 4) is 0 Å². The summed E-state index contributed by atoms with van der Waals surface area (Å²) in [5, 5.41) is 7.05. The summed E-state index contributed by atoms with van der Waals surface area (Å²) >= 11 is 0. The van der Waals surface area contributed by atoms with Crippen LogP contribution in [-0.2, 0) is 0 Å². The predicted octanol–water partition coefficient (Wildman–Crippen LogP) is 0.412. The molecule has 0 aromatic carbocycles. The Balaban J connectivity index is 3.83. The van der Waals surface area contributed by atoms with Crippen LogP contribution in [0.4, 0.5) is 0 Å². The SMILES string of the molecule is CC(C)(C)NC([SiH3])NC(C)(C)C. The Morgan fingerprint density at radius 3 is 1.25 bits per heavy atom. The quantitative estimate of drug-likeness (QED) is 0.485. The van der Waals surface area contributed by atoms with Crippen LogP contribution in [0.15, 0.2) is 0 Å². The third kappa shape index (κ3) is 8.24. The van der Waals surface area contributed by atoms with Crippen LogP contribution in [0.1, 0.15) is 41.5 Å². The molecule has 0 aromatic rings. The Hall–Kier alpha value is 0.137. The first-order chi connectivity index (χ1) is 5.10. The first kappa shape index (κ1) is 12.1. The van der Waals surface area contributed by atoms with Crippen LogP contribution < -0.4 is 10.6 Å². The number of nitrogens with one attached hydrogen (secondary N) is 2. The van der Waals surface area contributed by atoms with E-state index < -0.39 is 0 Å². The lowest BCUT2D eigenvalue weighted by Gasteiger charge is -2.32. The fraction of sp³-hybridized carbons (Fsp3) is 1.00. The van der Waals surface area contributed by atoms with Gasteiger partial charge < -0.3 is 10.6 Å². The first-order valence-corrected chi connectivity index (χ1v) is 5.81. The van der Waals surface area contributed by atoms with Crippen molar-refractivity contribution in [1.82, 2.24) is 10.6 Å². The maximum absolute atomic E-state index is 3.53. The van der Waals surface area contributed by atoms with Gasteiger partial charge in [0.2, 0.25) is 0 Å². The lowest BCUT2D eigenvalue weighted by molar-refractivity contribution is 0.319. The maximum atomic E-state index is 3.53.